The average molecular weight is 401 g/mol. The molecule has 1 aromatic rings. The van der Waals surface area contributed by atoms with Crippen molar-refractivity contribution in [3.05, 3.63) is 27.1 Å². The largest absolute Gasteiger partial charge is 0.396 e. The van der Waals surface area contributed by atoms with Gasteiger partial charge in [-0.1, -0.05) is 29.8 Å². The van der Waals surface area contributed by atoms with Crippen molar-refractivity contribution < 1.29 is 13.5 Å². The summed E-state index contributed by atoms with van der Waals surface area (Å²) in [6, 6.07) is 4.85. The lowest BCUT2D eigenvalue weighted by Crippen LogP contribution is -2.36. The molecule has 0 aliphatic rings. The first-order valence-corrected chi connectivity index (χ1v) is 8.30. The lowest BCUT2D eigenvalue weighted by Gasteiger charge is -2.22. The molecule has 0 saturated carbocycles. The van der Waals surface area contributed by atoms with Gasteiger partial charge in [0, 0.05) is 27.5 Å². The first-order chi connectivity index (χ1) is 8.18. The predicted octanol–water partition coefficient (Wildman–Crippen LogP) is 2.51. The Bertz CT molecular complexity index is 529. The number of halogens is 2. The van der Waals surface area contributed by atoms with Gasteiger partial charge in [0.25, 0.3) is 0 Å². The second-order valence-corrected chi connectivity index (χ2v) is 8.23. The van der Waals surface area contributed by atoms with Crippen molar-refractivity contribution in [3.63, 3.8) is 0 Å². The van der Waals surface area contributed by atoms with Crippen LogP contribution in [0.1, 0.15) is 13.8 Å². The summed E-state index contributed by atoms with van der Waals surface area (Å²) in [6.45, 7) is 3.66. The van der Waals surface area contributed by atoms with Gasteiger partial charge in [0.05, 0.1) is 4.90 Å². The van der Waals surface area contributed by atoms with Gasteiger partial charge in [0.15, 0.2) is 0 Å². The van der Waals surface area contributed by atoms with Gasteiger partial charge >= 0.3 is 0 Å². The second kappa shape index (κ2) is 6.00. The van der Waals surface area contributed by atoms with Crippen LogP contribution >= 0.6 is 31.9 Å². The van der Waals surface area contributed by atoms with Crippen molar-refractivity contribution in [2.75, 3.05) is 13.2 Å². The molecule has 0 spiro atoms. The van der Waals surface area contributed by atoms with Crippen LogP contribution in [0.25, 0.3) is 0 Å². The maximum Gasteiger partial charge on any atom is 0.241 e. The molecular formula is C11H15Br2NO3S. The summed E-state index contributed by atoms with van der Waals surface area (Å²) in [6.07, 6.45) is 0. The van der Waals surface area contributed by atoms with Gasteiger partial charge in [0.1, 0.15) is 0 Å². The van der Waals surface area contributed by atoms with Crippen molar-refractivity contribution in [2.45, 2.75) is 18.7 Å². The van der Waals surface area contributed by atoms with E-state index in [0.29, 0.717) is 4.47 Å². The lowest BCUT2D eigenvalue weighted by atomic mass is 9.96. The summed E-state index contributed by atoms with van der Waals surface area (Å²) in [5.74, 6) is 0. The highest BCUT2D eigenvalue weighted by atomic mass is 79.9. The maximum atomic E-state index is 12.1. The van der Waals surface area contributed by atoms with Gasteiger partial charge in [-0.15, -0.1) is 0 Å². The molecule has 0 amide bonds. The van der Waals surface area contributed by atoms with Crippen LogP contribution in [-0.2, 0) is 10.0 Å². The highest BCUT2D eigenvalue weighted by Gasteiger charge is 2.23. The zero-order valence-corrected chi connectivity index (χ0v) is 14.1. The van der Waals surface area contributed by atoms with E-state index in [1.54, 1.807) is 26.0 Å². The lowest BCUT2D eigenvalue weighted by molar-refractivity contribution is 0.163. The molecule has 0 aromatic heterocycles. The van der Waals surface area contributed by atoms with E-state index in [0.717, 1.165) is 4.47 Å². The monoisotopic (exact) mass is 399 g/mol. The van der Waals surface area contributed by atoms with Crippen LogP contribution in [-0.4, -0.2) is 26.7 Å². The Labute approximate surface area is 124 Å². The zero-order chi connectivity index (χ0) is 14.0. The summed E-state index contributed by atoms with van der Waals surface area (Å²) in [7, 11) is -3.58. The summed E-state index contributed by atoms with van der Waals surface area (Å²) in [4.78, 5) is 0.180. The van der Waals surface area contributed by atoms with Crippen LogP contribution in [0.5, 0.6) is 0 Å². The van der Waals surface area contributed by atoms with Crippen LogP contribution in [0.3, 0.4) is 0 Å². The number of hydrogen-bond acceptors (Lipinski definition) is 3. The van der Waals surface area contributed by atoms with Gasteiger partial charge in [-0.3, -0.25) is 0 Å². The Morgan fingerprint density at radius 2 is 1.94 bits per heavy atom. The highest BCUT2D eigenvalue weighted by molar-refractivity contribution is 9.11. The average Bonchev–Trinajstić information content (AvgIpc) is 2.26. The SMILES string of the molecule is CC(C)(CO)CNS(=O)(=O)c1ccc(Br)cc1Br. The number of benzene rings is 1. The molecule has 4 nitrogen and oxygen atoms in total. The quantitative estimate of drug-likeness (QED) is 0.797. The number of hydrogen-bond donors (Lipinski definition) is 2. The molecule has 1 rings (SSSR count). The first-order valence-electron chi connectivity index (χ1n) is 5.23. The number of rotatable bonds is 5. The van der Waals surface area contributed by atoms with E-state index in [-0.39, 0.29) is 18.0 Å². The summed E-state index contributed by atoms with van der Waals surface area (Å²) < 4.78 is 28.0. The summed E-state index contributed by atoms with van der Waals surface area (Å²) >= 11 is 6.49. The molecule has 7 heteroatoms. The standard InChI is InChI=1S/C11H15Br2NO3S/c1-11(2,7-15)6-14-18(16,17)10-4-3-8(12)5-9(10)13/h3-5,14-15H,6-7H2,1-2H3. The van der Waals surface area contributed by atoms with Crippen LogP contribution in [0.4, 0.5) is 0 Å². The third-order valence-electron chi connectivity index (χ3n) is 2.35. The fourth-order valence-corrected chi connectivity index (χ4v) is 4.10. The number of nitrogens with one attached hydrogen (secondary N) is 1. The van der Waals surface area contributed by atoms with Crippen LogP contribution in [0.15, 0.2) is 32.0 Å². The molecule has 0 aliphatic carbocycles. The van der Waals surface area contributed by atoms with Gasteiger partial charge < -0.3 is 5.11 Å². The van der Waals surface area contributed by atoms with E-state index in [2.05, 4.69) is 36.6 Å². The van der Waals surface area contributed by atoms with Crippen molar-refractivity contribution in [1.29, 1.82) is 0 Å². The predicted molar refractivity (Wildman–Crippen MR) is 77.9 cm³/mol. The minimum Gasteiger partial charge on any atom is -0.396 e. The molecular weight excluding hydrogens is 386 g/mol. The topological polar surface area (TPSA) is 66.4 Å². The van der Waals surface area contributed by atoms with E-state index < -0.39 is 15.4 Å². The minimum absolute atomic E-state index is 0.0863. The molecule has 102 valence electrons. The van der Waals surface area contributed by atoms with E-state index in [9.17, 15) is 8.42 Å². The number of sulfonamides is 1. The van der Waals surface area contributed by atoms with Crippen molar-refractivity contribution in [3.8, 4) is 0 Å². The Balaban J connectivity index is 2.94. The molecule has 2 N–H and O–H groups in total. The molecule has 1 aromatic carbocycles. The van der Waals surface area contributed by atoms with Gasteiger partial charge in [0.2, 0.25) is 10.0 Å². The minimum atomic E-state index is -3.58. The molecule has 0 bridgehead atoms. The van der Waals surface area contributed by atoms with E-state index >= 15 is 0 Å². The van der Waals surface area contributed by atoms with Crippen LogP contribution in [0.2, 0.25) is 0 Å². The molecule has 0 radical (unpaired) electrons. The van der Waals surface area contributed by atoms with Gasteiger partial charge in [-0.05, 0) is 34.1 Å². The van der Waals surface area contributed by atoms with Crippen molar-refractivity contribution in [1.82, 2.24) is 4.72 Å². The van der Waals surface area contributed by atoms with E-state index in [1.807, 2.05) is 0 Å². The fourth-order valence-electron chi connectivity index (χ4n) is 1.12. The molecule has 0 atom stereocenters. The molecule has 0 aliphatic heterocycles. The van der Waals surface area contributed by atoms with Crippen LogP contribution < -0.4 is 4.72 Å². The summed E-state index contributed by atoms with van der Waals surface area (Å²) in [5, 5.41) is 9.10. The van der Waals surface area contributed by atoms with Crippen molar-refractivity contribution >= 4 is 41.9 Å². The normalized spacial score (nSPS) is 12.7. The summed E-state index contributed by atoms with van der Waals surface area (Å²) in [5.41, 5.74) is -0.491. The third-order valence-corrected chi connectivity index (χ3v) is 5.22. The molecule has 0 unspecified atom stereocenters. The van der Waals surface area contributed by atoms with E-state index in [1.165, 1.54) is 6.07 Å². The Morgan fingerprint density at radius 3 is 2.44 bits per heavy atom. The molecule has 0 heterocycles. The van der Waals surface area contributed by atoms with E-state index in [4.69, 9.17) is 5.11 Å². The molecule has 0 fully saturated rings. The molecule has 0 saturated heterocycles. The Morgan fingerprint density at radius 1 is 1.33 bits per heavy atom. The fraction of sp³-hybridized carbons (Fsp3) is 0.455. The third kappa shape index (κ3) is 4.31. The number of aliphatic hydroxyl groups excluding tert-OH is 1. The second-order valence-electron chi connectivity index (χ2n) is 4.72. The van der Waals surface area contributed by atoms with Crippen LogP contribution in [0, 0.1) is 5.41 Å². The maximum absolute atomic E-state index is 12.1. The first kappa shape index (κ1) is 16.1. The molecule has 18 heavy (non-hydrogen) atoms. The zero-order valence-electron chi connectivity index (χ0n) is 10.1. The Kier molecular flexibility index (Phi) is 5.37. The Hall–Kier alpha value is 0.0500. The number of aliphatic hydroxyl groups is 1. The highest BCUT2D eigenvalue weighted by Crippen LogP contribution is 2.26. The van der Waals surface area contributed by atoms with Gasteiger partial charge in [-0.2, -0.15) is 0 Å². The van der Waals surface area contributed by atoms with Gasteiger partial charge in [-0.25, -0.2) is 13.1 Å². The smallest absolute Gasteiger partial charge is 0.241 e. The van der Waals surface area contributed by atoms with Crippen molar-refractivity contribution in [2.24, 2.45) is 5.41 Å².